The summed E-state index contributed by atoms with van der Waals surface area (Å²) in [5, 5.41) is 7.63. The second kappa shape index (κ2) is 6.68. The van der Waals surface area contributed by atoms with E-state index in [0.29, 0.717) is 11.9 Å². The summed E-state index contributed by atoms with van der Waals surface area (Å²) in [6, 6.07) is 0.597. The quantitative estimate of drug-likeness (QED) is 0.899. The Morgan fingerprint density at radius 1 is 1.40 bits per heavy atom. The van der Waals surface area contributed by atoms with Crippen LogP contribution in [0.4, 0.5) is 0 Å². The molecule has 0 radical (unpaired) electrons. The van der Waals surface area contributed by atoms with E-state index in [2.05, 4.69) is 36.2 Å². The lowest BCUT2D eigenvalue weighted by molar-refractivity contribution is 0.00718. The number of hydrogen-bond acceptors (Lipinski definition) is 5. The first-order chi connectivity index (χ1) is 9.50. The molecule has 0 saturated carbocycles. The molecule has 0 aliphatic carbocycles. The largest absolute Gasteiger partial charge is 0.373 e. The van der Waals surface area contributed by atoms with E-state index >= 15 is 0 Å². The van der Waals surface area contributed by atoms with Gasteiger partial charge in [0, 0.05) is 19.6 Å². The van der Waals surface area contributed by atoms with Gasteiger partial charge in [-0.05, 0) is 31.2 Å². The van der Waals surface area contributed by atoms with Crippen LogP contribution in [0.3, 0.4) is 0 Å². The van der Waals surface area contributed by atoms with Crippen molar-refractivity contribution in [2.24, 2.45) is 5.41 Å². The standard InChI is InChI=1S/C15H27N3O2/c1-15(2,3)13(19-4)14-17-12(20-18-14)9-8-11-7-5-6-10-16-11/h11,13,16H,5-10H2,1-4H3. The van der Waals surface area contributed by atoms with Crippen LogP contribution in [0, 0.1) is 5.41 Å². The van der Waals surface area contributed by atoms with E-state index in [0.717, 1.165) is 25.3 Å². The number of nitrogens with one attached hydrogen (secondary N) is 1. The summed E-state index contributed by atoms with van der Waals surface area (Å²) < 4.78 is 10.9. The van der Waals surface area contributed by atoms with Crippen molar-refractivity contribution in [2.45, 2.75) is 65.0 Å². The Labute approximate surface area is 121 Å². The maximum atomic E-state index is 5.51. The Kier molecular flexibility index (Phi) is 5.16. The van der Waals surface area contributed by atoms with Crippen molar-refractivity contribution in [3.05, 3.63) is 11.7 Å². The van der Waals surface area contributed by atoms with Crippen LogP contribution in [0.5, 0.6) is 0 Å². The minimum Gasteiger partial charge on any atom is -0.373 e. The molecule has 114 valence electrons. The number of hydrogen-bond donors (Lipinski definition) is 1. The zero-order valence-electron chi connectivity index (χ0n) is 13.1. The second-order valence-electron chi connectivity index (χ2n) is 6.71. The highest BCUT2D eigenvalue weighted by molar-refractivity contribution is 4.96. The molecule has 1 aliphatic heterocycles. The van der Waals surface area contributed by atoms with Gasteiger partial charge in [-0.15, -0.1) is 0 Å². The number of methoxy groups -OCH3 is 1. The van der Waals surface area contributed by atoms with Gasteiger partial charge in [-0.2, -0.15) is 4.98 Å². The first-order valence-corrected chi connectivity index (χ1v) is 7.59. The minimum atomic E-state index is -0.132. The lowest BCUT2D eigenvalue weighted by Gasteiger charge is -2.26. The van der Waals surface area contributed by atoms with E-state index in [1.807, 2.05) is 0 Å². The third-order valence-corrected chi connectivity index (χ3v) is 3.86. The predicted molar refractivity (Wildman–Crippen MR) is 77.5 cm³/mol. The molecule has 0 spiro atoms. The lowest BCUT2D eigenvalue weighted by Crippen LogP contribution is -2.34. The molecule has 20 heavy (non-hydrogen) atoms. The predicted octanol–water partition coefficient (Wildman–Crippen LogP) is 2.88. The van der Waals surface area contributed by atoms with Gasteiger partial charge in [0.25, 0.3) is 0 Å². The zero-order chi connectivity index (χ0) is 14.6. The van der Waals surface area contributed by atoms with Gasteiger partial charge < -0.3 is 14.6 Å². The molecule has 1 fully saturated rings. The molecule has 2 heterocycles. The summed E-state index contributed by atoms with van der Waals surface area (Å²) in [5.74, 6) is 1.38. The molecule has 0 aromatic carbocycles. The Balaban J connectivity index is 1.91. The normalized spacial score (nSPS) is 21.9. The Morgan fingerprint density at radius 2 is 2.20 bits per heavy atom. The number of nitrogens with zero attached hydrogens (tertiary/aromatic N) is 2. The monoisotopic (exact) mass is 281 g/mol. The van der Waals surface area contributed by atoms with Crippen LogP contribution in [0.1, 0.15) is 64.3 Å². The van der Waals surface area contributed by atoms with Gasteiger partial charge in [-0.25, -0.2) is 0 Å². The first kappa shape index (κ1) is 15.4. The molecule has 0 bridgehead atoms. The van der Waals surface area contributed by atoms with Crippen LogP contribution < -0.4 is 5.32 Å². The van der Waals surface area contributed by atoms with E-state index in [4.69, 9.17) is 9.26 Å². The van der Waals surface area contributed by atoms with Gasteiger partial charge in [0.1, 0.15) is 6.10 Å². The Morgan fingerprint density at radius 3 is 2.80 bits per heavy atom. The third-order valence-electron chi connectivity index (χ3n) is 3.86. The Hall–Kier alpha value is -0.940. The van der Waals surface area contributed by atoms with Crippen LogP contribution >= 0.6 is 0 Å². The van der Waals surface area contributed by atoms with Gasteiger partial charge in [0.2, 0.25) is 11.7 Å². The van der Waals surface area contributed by atoms with Gasteiger partial charge in [0.15, 0.2) is 0 Å². The van der Waals surface area contributed by atoms with Crippen LogP contribution in [-0.2, 0) is 11.2 Å². The molecule has 2 unspecified atom stereocenters. The number of piperidine rings is 1. The number of aryl methyl sites for hydroxylation is 1. The molecule has 1 saturated heterocycles. The van der Waals surface area contributed by atoms with Gasteiger partial charge in [0.05, 0.1) is 0 Å². The maximum absolute atomic E-state index is 5.51. The van der Waals surface area contributed by atoms with E-state index in [-0.39, 0.29) is 11.5 Å². The smallest absolute Gasteiger partial charge is 0.226 e. The molecule has 1 aromatic rings. The van der Waals surface area contributed by atoms with Gasteiger partial charge in [-0.3, -0.25) is 0 Å². The fourth-order valence-electron chi connectivity index (χ4n) is 2.79. The third kappa shape index (κ3) is 4.03. The van der Waals surface area contributed by atoms with Crippen molar-refractivity contribution in [3.8, 4) is 0 Å². The van der Waals surface area contributed by atoms with Crippen molar-refractivity contribution in [1.29, 1.82) is 0 Å². The van der Waals surface area contributed by atoms with Crippen LogP contribution in [0.2, 0.25) is 0 Å². The summed E-state index contributed by atoms with van der Waals surface area (Å²) in [6.07, 6.45) is 5.64. The topological polar surface area (TPSA) is 60.2 Å². The summed E-state index contributed by atoms with van der Waals surface area (Å²) in [4.78, 5) is 4.50. The van der Waals surface area contributed by atoms with Crippen molar-refractivity contribution in [1.82, 2.24) is 15.5 Å². The lowest BCUT2D eigenvalue weighted by atomic mass is 9.88. The number of aromatic nitrogens is 2. The molecule has 5 nitrogen and oxygen atoms in total. The number of rotatable bonds is 5. The van der Waals surface area contributed by atoms with Crippen molar-refractivity contribution in [3.63, 3.8) is 0 Å². The van der Waals surface area contributed by atoms with Gasteiger partial charge in [-0.1, -0.05) is 32.3 Å². The highest BCUT2D eigenvalue weighted by Crippen LogP contribution is 2.33. The van der Waals surface area contributed by atoms with Crippen molar-refractivity contribution < 1.29 is 9.26 Å². The number of ether oxygens (including phenoxy) is 1. The summed E-state index contributed by atoms with van der Waals surface area (Å²) in [7, 11) is 1.69. The van der Waals surface area contributed by atoms with E-state index in [9.17, 15) is 0 Å². The van der Waals surface area contributed by atoms with Crippen LogP contribution in [0.15, 0.2) is 4.52 Å². The van der Waals surface area contributed by atoms with E-state index in [1.54, 1.807) is 7.11 Å². The van der Waals surface area contributed by atoms with E-state index in [1.165, 1.54) is 19.3 Å². The molecule has 5 heteroatoms. The highest BCUT2D eigenvalue weighted by Gasteiger charge is 2.30. The fourth-order valence-corrected chi connectivity index (χ4v) is 2.79. The average molecular weight is 281 g/mol. The summed E-state index contributed by atoms with van der Waals surface area (Å²) >= 11 is 0. The SMILES string of the molecule is COC(c1noc(CCC2CCCCN2)n1)C(C)(C)C. The molecule has 1 aliphatic rings. The first-order valence-electron chi connectivity index (χ1n) is 7.59. The van der Waals surface area contributed by atoms with E-state index < -0.39 is 0 Å². The maximum Gasteiger partial charge on any atom is 0.226 e. The van der Waals surface area contributed by atoms with Crippen molar-refractivity contribution >= 4 is 0 Å². The molecule has 2 atom stereocenters. The summed E-state index contributed by atoms with van der Waals surface area (Å²) in [5.41, 5.74) is -0.0409. The molecule has 1 aromatic heterocycles. The summed E-state index contributed by atoms with van der Waals surface area (Å²) in [6.45, 7) is 7.48. The Bertz CT molecular complexity index is 405. The fraction of sp³-hybridized carbons (Fsp3) is 0.867. The highest BCUT2D eigenvalue weighted by atomic mass is 16.5. The molecule has 0 amide bonds. The van der Waals surface area contributed by atoms with Crippen LogP contribution in [0.25, 0.3) is 0 Å². The molecular weight excluding hydrogens is 254 g/mol. The zero-order valence-corrected chi connectivity index (χ0v) is 13.1. The van der Waals surface area contributed by atoms with Crippen molar-refractivity contribution in [2.75, 3.05) is 13.7 Å². The molecular formula is C15H27N3O2. The molecule has 2 rings (SSSR count). The minimum absolute atomic E-state index is 0.0409. The second-order valence-corrected chi connectivity index (χ2v) is 6.71. The average Bonchev–Trinajstić information content (AvgIpc) is 2.85. The molecule has 1 N–H and O–H groups in total. The van der Waals surface area contributed by atoms with Crippen LogP contribution in [-0.4, -0.2) is 29.8 Å². The van der Waals surface area contributed by atoms with Gasteiger partial charge >= 0.3 is 0 Å².